The molecule has 0 radical (unpaired) electrons. The van der Waals surface area contributed by atoms with Crippen LogP contribution in [-0.2, 0) is 0 Å². The highest BCUT2D eigenvalue weighted by atomic mass is 16.3. The third-order valence-electron chi connectivity index (χ3n) is 10.1. The van der Waals surface area contributed by atoms with Crippen LogP contribution in [0, 0.1) is 0 Å². The van der Waals surface area contributed by atoms with Crippen LogP contribution in [0.4, 0.5) is 0 Å². The van der Waals surface area contributed by atoms with Crippen LogP contribution >= 0.6 is 0 Å². The number of para-hydroxylation sites is 1. The van der Waals surface area contributed by atoms with Crippen LogP contribution < -0.4 is 0 Å². The van der Waals surface area contributed by atoms with Crippen molar-refractivity contribution in [3.05, 3.63) is 152 Å². The van der Waals surface area contributed by atoms with Gasteiger partial charge in [0.05, 0.1) is 11.0 Å². The van der Waals surface area contributed by atoms with Crippen molar-refractivity contribution in [2.75, 3.05) is 0 Å². The molecule has 2 heterocycles. The second kappa shape index (κ2) is 8.74. The molecule has 8 aromatic carbocycles. The summed E-state index contributed by atoms with van der Waals surface area (Å²) in [4.78, 5) is 0. The van der Waals surface area contributed by atoms with E-state index in [4.69, 9.17) is 4.42 Å². The second-order valence-electron chi connectivity index (χ2n) is 12.5. The van der Waals surface area contributed by atoms with Crippen molar-refractivity contribution in [1.82, 2.24) is 4.57 Å². The standard InChI is InChI=1S/C44H25NO/c1-2-9-30-26(8-1)16-19-37-33-12-5-6-15-40(33)45(44(30)37)28-18-23-42-39(25-28)38-24-27(17-22-41(38)46-42)29-20-21-36-32-11-4-3-10-31(32)35-14-7-13-34(29)43(35)36/h1-25H. The zero-order valence-corrected chi connectivity index (χ0v) is 24.8. The van der Waals surface area contributed by atoms with Gasteiger partial charge in [-0.3, -0.25) is 0 Å². The van der Waals surface area contributed by atoms with Crippen LogP contribution in [0.25, 0.3) is 104 Å². The summed E-state index contributed by atoms with van der Waals surface area (Å²) in [6, 6.07) is 55.3. The Labute approximate surface area is 264 Å². The molecule has 212 valence electrons. The summed E-state index contributed by atoms with van der Waals surface area (Å²) in [7, 11) is 0. The van der Waals surface area contributed by atoms with Gasteiger partial charge in [0.25, 0.3) is 0 Å². The number of hydrogen-bond donors (Lipinski definition) is 0. The smallest absolute Gasteiger partial charge is 0.135 e. The number of nitrogens with zero attached hydrogens (tertiary/aromatic N) is 1. The Balaban J connectivity index is 1.16. The Morgan fingerprint density at radius 1 is 0.391 bits per heavy atom. The van der Waals surface area contributed by atoms with E-state index in [1.54, 1.807) is 0 Å². The molecule has 11 rings (SSSR count). The Hall–Kier alpha value is -6.12. The van der Waals surface area contributed by atoms with Crippen LogP contribution in [0.5, 0.6) is 0 Å². The summed E-state index contributed by atoms with van der Waals surface area (Å²) in [6.07, 6.45) is 0. The lowest BCUT2D eigenvalue weighted by Gasteiger charge is -2.11. The van der Waals surface area contributed by atoms with Crippen LogP contribution in [0.2, 0.25) is 0 Å². The lowest BCUT2D eigenvalue weighted by Crippen LogP contribution is -1.94. The number of fused-ring (bicyclic) bond motifs is 11. The number of aromatic nitrogens is 1. The zero-order chi connectivity index (χ0) is 29.9. The first-order valence-corrected chi connectivity index (χ1v) is 15.9. The predicted molar refractivity (Wildman–Crippen MR) is 193 cm³/mol. The maximum Gasteiger partial charge on any atom is 0.135 e. The summed E-state index contributed by atoms with van der Waals surface area (Å²) in [5.74, 6) is 0. The van der Waals surface area contributed by atoms with Gasteiger partial charge in [0.15, 0.2) is 0 Å². The summed E-state index contributed by atoms with van der Waals surface area (Å²) in [5.41, 5.74) is 13.1. The van der Waals surface area contributed by atoms with Crippen molar-refractivity contribution in [2.24, 2.45) is 0 Å². The maximum absolute atomic E-state index is 6.43. The van der Waals surface area contributed by atoms with Crippen molar-refractivity contribution < 1.29 is 4.42 Å². The van der Waals surface area contributed by atoms with Gasteiger partial charge in [-0.2, -0.15) is 0 Å². The van der Waals surface area contributed by atoms with E-state index in [0.717, 1.165) is 27.6 Å². The van der Waals surface area contributed by atoms with E-state index in [1.807, 2.05) is 0 Å². The van der Waals surface area contributed by atoms with Crippen LogP contribution in [-0.4, -0.2) is 4.57 Å². The molecular weight excluding hydrogens is 558 g/mol. The van der Waals surface area contributed by atoms with E-state index in [-0.39, 0.29) is 0 Å². The first kappa shape index (κ1) is 24.2. The number of furan rings is 1. The summed E-state index contributed by atoms with van der Waals surface area (Å²) >= 11 is 0. The SMILES string of the molecule is c1ccc2c(c1)-c1cccc3c(-c4ccc5oc6ccc(-n7c8ccccc8c8ccc9ccccc9c87)cc6c5c4)ccc-2c13. The molecule has 1 aliphatic carbocycles. The summed E-state index contributed by atoms with van der Waals surface area (Å²) < 4.78 is 8.86. The lowest BCUT2D eigenvalue weighted by atomic mass is 9.93. The minimum Gasteiger partial charge on any atom is -0.456 e. The van der Waals surface area contributed by atoms with Crippen LogP contribution in [0.3, 0.4) is 0 Å². The van der Waals surface area contributed by atoms with Crippen molar-refractivity contribution in [2.45, 2.75) is 0 Å². The van der Waals surface area contributed by atoms with Crippen LogP contribution in [0.1, 0.15) is 0 Å². The molecule has 10 aromatic rings. The van der Waals surface area contributed by atoms with Crippen molar-refractivity contribution in [1.29, 1.82) is 0 Å². The van der Waals surface area contributed by atoms with Gasteiger partial charge in [-0.05, 0) is 85.9 Å². The summed E-state index contributed by atoms with van der Waals surface area (Å²) in [6.45, 7) is 0. The van der Waals surface area contributed by atoms with Gasteiger partial charge >= 0.3 is 0 Å². The van der Waals surface area contributed by atoms with Crippen molar-refractivity contribution >= 4 is 65.3 Å². The Morgan fingerprint density at radius 3 is 1.96 bits per heavy atom. The third-order valence-corrected chi connectivity index (χ3v) is 10.1. The molecule has 0 spiro atoms. The minimum absolute atomic E-state index is 0.900. The van der Waals surface area contributed by atoms with Gasteiger partial charge in [0, 0.05) is 32.6 Å². The fourth-order valence-electron chi connectivity index (χ4n) is 8.13. The number of benzene rings is 8. The molecule has 2 nitrogen and oxygen atoms in total. The highest BCUT2D eigenvalue weighted by Gasteiger charge is 2.23. The van der Waals surface area contributed by atoms with E-state index in [2.05, 4.69) is 156 Å². The van der Waals surface area contributed by atoms with Crippen molar-refractivity contribution in [3.63, 3.8) is 0 Å². The Bertz CT molecular complexity index is 2890. The van der Waals surface area contributed by atoms with E-state index in [1.165, 1.54) is 76.7 Å². The van der Waals surface area contributed by atoms with E-state index in [9.17, 15) is 0 Å². The largest absolute Gasteiger partial charge is 0.456 e. The van der Waals surface area contributed by atoms with Gasteiger partial charge in [-0.1, -0.05) is 115 Å². The van der Waals surface area contributed by atoms with Gasteiger partial charge in [0.2, 0.25) is 0 Å². The Morgan fingerprint density at radius 2 is 1.07 bits per heavy atom. The minimum atomic E-state index is 0.900. The third kappa shape index (κ3) is 3.10. The molecule has 0 bridgehead atoms. The monoisotopic (exact) mass is 583 g/mol. The van der Waals surface area contributed by atoms with Crippen LogP contribution in [0.15, 0.2) is 156 Å². The molecule has 46 heavy (non-hydrogen) atoms. The van der Waals surface area contributed by atoms with E-state index in [0.29, 0.717) is 0 Å². The summed E-state index contributed by atoms with van der Waals surface area (Å²) in [5, 5.41) is 9.91. The number of hydrogen-bond acceptors (Lipinski definition) is 1. The average molecular weight is 584 g/mol. The molecule has 0 N–H and O–H groups in total. The molecule has 0 saturated carbocycles. The van der Waals surface area contributed by atoms with Gasteiger partial charge in [-0.15, -0.1) is 0 Å². The van der Waals surface area contributed by atoms with Gasteiger partial charge in [-0.25, -0.2) is 0 Å². The van der Waals surface area contributed by atoms with Gasteiger partial charge < -0.3 is 8.98 Å². The topological polar surface area (TPSA) is 18.1 Å². The molecular formula is C44H25NO. The molecule has 2 heteroatoms. The maximum atomic E-state index is 6.43. The first-order valence-electron chi connectivity index (χ1n) is 15.9. The second-order valence-corrected chi connectivity index (χ2v) is 12.5. The molecule has 0 atom stereocenters. The fourth-order valence-corrected chi connectivity index (χ4v) is 8.13. The highest BCUT2D eigenvalue weighted by Crippen LogP contribution is 2.49. The molecule has 0 aliphatic heterocycles. The predicted octanol–water partition coefficient (Wildman–Crippen LogP) is 12.3. The molecule has 1 aliphatic rings. The molecule has 0 unspecified atom stereocenters. The van der Waals surface area contributed by atoms with E-state index >= 15 is 0 Å². The average Bonchev–Trinajstić information content (AvgIpc) is 3.77. The molecule has 0 amide bonds. The lowest BCUT2D eigenvalue weighted by molar-refractivity contribution is 0.669. The van der Waals surface area contributed by atoms with Gasteiger partial charge in [0.1, 0.15) is 11.2 Å². The normalized spacial score (nSPS) is 12.3. The highest BCUT2D eigenvalue weighted by molar-refractivity contribution is 6.20. The first-order chi connectivity index (χ1) is 22.8. The fraction of sp³-hybridized carbons (Fsp3) is 0. The Kier molecular flexibility index (Phi) is 4.61. The number of rotatable bonds is 2. The molecule has 0 saturated heterocycles. The molecule has 2 aromatic heterocycles. The zero-order valence-electron chi connectivity index (χ0n) is 24.8. The molecule has 0 fully saturated rings. The quantitative estimate of drug-likeness (QED) is 0.198. The van der Waals surface area contributed by atoms with Crippen molar-refractivity contribution in [3.8, 4) is 39.1 Å². The van der Waals surface area contributed by atoms with E-state index < -0.39 is 0 Å².